The highest BCUT2D eigenvalue weighted by Gasteiger charge is 2.27. The normalized spacial score (nSPS) is 13.9. The number of non-ortho nitro benzene ring substituents is 1. The van der Waals surface area contributed by atoms with Gasteiger partial charge in [-0.1, -0.05) is 18.2 Å². The Labute approximate surface area is 181 Å². The maximum Gasteiger partial charge on any atom is 0.271 e. The Hall–Kier alpha value is -3.14. The van der Waals surface area contributed by atoms with Gasteiger partial charge in [-0.2, -0.15) is 0 Å². The molecule has 2 aromatic carbocycles. The minimum absolute atomic E-state index is 0.0699. The number of anilines is 1. The minimum atomic E-state index is -3.93. The summed E-state index contributed by atoms with van der Waals surface area (Å²) in [5.41, 5.74) is 3.16. The number of carbonyl (C=O) groups excluding carboxylic acids is 1. The molecule has 0 heterocycles. The molecule has 0 aliphatic heterocycles. The molecule has 0 aromatic heterocycles. The number of fused-ring (bicyclic) bond motifs is 1. The SMILES string of the molecule is COc1ccc([N+](=O)[O-])cc1N(CC(=O)N[C@H](C)c1ccc2c(c1)CCC2)S(C)(=O)=O. The first-order valence-electron chi connectivity index (χ1n) is 9.81. The van der Waals surface area contributed by atoms with Crippen LogP contribution in [0.15, 0.2) is 36.4 Å². The van der Waals surface area contributed by atoms with Crippen LogP contribution in [0, 0.1) is 10.1 Å². The predicted molar refractivity (Wildman–Crippen MR) is 117 cm³/mol. The van der Waals surface area contributed by atoms with E-state index in [4.69, 9.17) is 4.74 Å². The van der Waals surface area contributed by atoms with Gasteiger partial charge >= 0.3 is 0 Å². The highest BCUT2D eigenvalue weighted by atomic mass is 32.2. The number of nitro groups is 1. The van der Waals surface area contributed by atoms with Gasteiger partial charge in [-0.15, -0.1) is 0 Å². The van der Waals surface area contributed by atoms with E-state index < -0.39 is 27.4 Å². The molecule has 0 saturated carbocycles. The van der Waals surface area contributed by atoms with Crippen LogP contribution in [0.2, 0.25) is 0 Å². The summed E-state index contributed by atoms with van der Waals surface area (Å²) in [6, 6.07) is 9.37. The maximum atomic E-state index is 12.7. The monoisotopic (exact) mass is 447 g/mol. The fraction of sp³-hybridized carbons (Fsp3) is 0.381. The molecule has 1 amide bonds. The number of ether oxygens (including phenoxy) is 1. The van der Waals surface area contributed by atoms with Gasteiger partial charge in [0.15, 0.2) is 0 Å². The lowest BCUT2D eigenvalue weighted by molar-refractivity contribution is -0.384. The molecule has 31 heavy (non-hydrogen) atoms. The molecule has 10 heteroatoms. The summed E-state index contributed by atoms with van der Waals surface area (Å²) in [5.74, 6) is -0.428. The number of nitro benzene ring substituents is 1. The van der Waals surface area contributed by atoms with E-state index in [9.17, 15) is 23.3 Å². The summed E-state index contributed by atoms with van der Waals surface area (Å²) in [4.78, 5) is 23.2. The van der Waals surface area contributed by atoms with Crippen LogP contribution in [-0.2, 0) is 27.7 Å². The van der Waals surface area contributed by atoms with Gasteiger partial charge in [-0.3, -0.25) is 19.2 Å². The average molecular weight is 448 g/mol. The predicted octanol–water partition coefficient (Wildman–Crippen LogP) is 2.74. The summed E-state index contributed by atoms with van der Waals surface area (Å²) >= 11 is 0. The van der Waals surface area contributed by atoms with Gasteiger partial charge in [0.1, 0.15) is 18.0 Å². The van der Waals surface area contributed by atoms with Crippen LogP contribution in [0.3, 0.4) is 0 Å². The van der Waals surface area contributed by atoms with E-state index in [0.29, 0.717) is 0 Å². The first-order valence-corrected chi connectivity index (χ1v) is 11.7. The molecule has 166 valence electrons. The Balaban J connectivity index is 1.83. The largest absolute Gasteiger partial charge is 0.495 e. The van der Waals surface area contributed by atoms with Crippen LogP contribution in [0.1, 0.15) is 36.1 Å². The van der Waals surface area contributed by atoms with Crippen molar-refractivity contribution in [3.63, 3.8) is 0 Å². The van der Waals surface area contributed by atoms with E-state index in [-0.39, 0.29) is 23.2 Å². The van der Waals surface area contributed by atoms with E-state index >= 15 is 0 Å². The number of sulfonamides is 1. The van der Waals surface area contributed by atoms with E-state index in [1.165, 1.54) is 30.4 Å². The number of nitrogens with one attached hydrogen (secondary N) is 1. The lowest BCUT2D eigenvalue weighted by Gasteiger charge is -2.24. The van der Waals surface area contributed by atoms with Gasteiger partial charge in [0.05, 0.1) is 24.3 Å². The van der Waals surface area contributed by atoms with E-state index in [1.54, 1.807) is 0 Å². The Bertz CT molecular complexity index is 1120. The van der Waals surface area contributed by atoms with Crippen molar-refractivity contribution in [3.8, 4) is 5.75 Å². The molecule has 0 bridgehead atoms. The van der Waals surface area contributed by atoms with Crippen molar-refractivity contribution < 1.29 is 22.9 Å². The zero-order chi connectivity index (χ0) is 22.8. The summed E-state index contributed by atoms with van der Waals surface area (Å²) in [6.45, 7) is 1.29. The fourth-order valence-corrected chi connectivity index (χ4v) is 4.58. The van der Waals surface area contributed by atoms with Gasteiger partial charge in [-0.25, -0.2) is 8.42 Å². The summed E-state index contributed by atoms with van der Waals surface area (Å²) < 4.78 is 30.8. The number of carbonyl (C=O) groups is 1. The van der Waals surface area contributed by atoms with Crippen molar-refractivity contribution in [1.29, 1.82) is 0 Å². The molecule has 0 radical (unpaired) electrons. The maximum absolute atomic E-state index is 12.7. The zero-order valence-corrected chi connectivity index (χ0v) is 18.4. The van der Waals surface area contributed by atoms with Crippen LogP contribution >= 0.6 is 0 Å². The smallest absolute Gasteiger partial charge is 0.271 e. The summed E-state index contributed by atoms with van der Waals surface area (Å²) in [5, 5.41) is 14.0. The average Bonchev–Trinajstić information content (AvgIpc) is 3.18. The van der Waals surface area contributed by atoms with Crippen LogP contribution < -0.4 is 14.4 Å². The van der Waals surface area contributed by atoms with Gasteiger partial charge in [-0.05, 0) is 48.9 Å². The number of nitrogens with zero attached hydrogens (tertiary/aromatic N) is 2. The molecule has 0 saturated heterocycles. The third-order valence-electron chi connectivity index (χ3n) is 5.33. The second-order valence-corrected chi connectivity index (χ2v) is 9.46. The molecule has 0 unspecified atom stereocenters. The Morgan fingerprint density at radius 1 is 1.23 bits per heavy atom. The standard InChI is InChI=1S/C21H25N3O6S/c1-14(16-8-7-15-5-4-6-17(15)11-16)22-21(25)13-23(31(3,28)29)19-12-18(24(26)27)9-10-20(19)30-2/h7-12,14H,4-6,13H2,1-3H3,(H,22,25)/t14-/m1/s1. The van der Waals surface area contributed by atoms with Crippen molar-refractivity contribution >= 4 is 27.3 Å². The number of hydrogen-bond donors (Lipinski definition) is 1. The van der Waals surface area contributed by atoms with Gasteiger partial charge in [0, 0.05) is 12.1 Å². The van der Waals surface area contributed by atoms with Crippen molar-refractivity contribution in [2.24, 2.45) is 0 Å². The summed E-state index contributed by atoms with van der Waals surface area (Å²) in [7, 11) is -2.61. The molecule has 1 atom stereocenters. The topological polar surface area (TPSA) is 119 Å². The van der Waals surface area contributed by atoms with E-state index in [1.807, 2.05) is 13.0 Å². The number of hydrogen-bond acceptors (Lipinski definition) is 6. The first kappa shape index (κ1) is 22.5. The molecular formula is C21H25N3O6S. The lowest BCUT2D eigenvalue weighted by atomic mass is 10.0. The number of methoxy groups -OCH3 is 1. The first-order chi connectivity index (χ1) is 14.6. The Kier molecular flexibility index (Phi) is 6.49. The Morgan fingerprint density at radius 2 is 1.94 bits per heavy atom. The Morgan fingerprint density at radius 3 is 2.58 bits per heavy atom. The second kappa shape index (κ2) is 8.93. The summed E-state index contributed by atoms with van der Waals surface area (Å²) in [6.07, 6.45) is 4.12. The van der Waals surface area contributed by atoms with E-state index in [0.717, 1.165) is 41.5 Å². The van der Waals surface area contributed by atoms with Crippen LogP contribution in [0.5, 0.6) is 5.75 Å². The molecule has 0 spiro atoms. The minimum Gasteiger partial charge on any atom is -0.495 e. The quantitative estimate of drug-likeness (QED) is 0.491. The van der Waals surface area contributed by atoms with Crippen LogP contribution in [0.25, 0.3) is 0 Å². The molecule has 9 nitrogen and oxygen atoms in total. The number of benzene rings is 2. The molecule has 0 fully saturated rings. The van der Waals surface area contributed by atoms with Crippen LogP contribution in [0.4, 0.5) is 11.4 Å². The molecule has 1 N–H and O–H groups in total. The van der Waals surface area contributed by atoms with Gasteiger partial charge in [0.2, 0.25) is 15.9 Å². The van der Waals surface area contributed by atoms with E-state index in [2.05, 4.69) is 17.4 Å². The zero-order valence-electron chi connectivity index (χ0n) is 17.6. The number of aryl methyl sites for hydroxylation is 2. The molecular weight excluding hydrogens is 422 g/mol. The molecule has 1 aliphatic rings. The molecule has 2 aromatic rings. The van der Waals surface area contributed by atoms with Crippen molar-refractivity contribution in [1.82, 2.24) is 5.32 Å². The number of amides is 1. The van der Waals surface area contributed by atoms with Crippen molar-refractivity contribution in [2.75, 3.05) is 24.2 Å². The number of rotatable bonds is 8. The highest BCUT2D eigenvalue weighted by molar-refractivity contribution is 7.92. The van der Waals surface area contributed by atoms with Crippen molar-refractivity contribution in [3.05, 3.63) is 63.2 Å². The highest BCUT2D eigenvalue weighted by Crippen LogP contribution is 2.33. The van der Waals surface area contributed by atoms with Crippen LogP contribution in [-0.4, -0.2) is 39.2 Å². The third kappa shape index (κ3) is 5.13. The molecule has 1 aliphatic carbocycles. The van der Waals surface area contributed by atoms with Crippen molar-refractivity contribution in [2.45, 2.75) is 32.2 Å². The van der Waals surface area contributed by atoms with Gasteiger partial charge in [0.25, 0.3) is 5.69 Å². The third-order valence-corrected chi connectivity index (χ3v) is 6.46. The lowest BCUT2D eigenvalue weighted by Crippen LogP contribution is -2.41. The van der Waals surface area contributed by atoms with Gasteiger partial charge < -0.3 is 10.1 Å². The fourth-order valence-electron chi connectivity index (χ4n) is 3.73. The molecule has 3 rings (SSSR count). The second-order valence-electron chi connectivity index (χ2n) is 7.55.